The highest BCUT2D eigenvalue weighted by atomic mass is 16.5. The standard InChI is InChI=1S/C24H19NO7/c1-30-17-10-4-3-9-16(17)20-19(21(26)18-11-6-12-32-18)22(27)23(28)25(20)15-8-5-7-14(13-15)24(29)31-2/h3-13,20,27H,1-2H3. The zero-order valence-corrected chi connectivity index (χ0v) is 17.3. The van der Waals surface area contributed by atoms with Gasteiger partial charge in [0.15, 0.2) is 11.5 Å². The summed E-state index contributed by atoms with van der Waals surface area (Å²) in [7, 11) is 2.72. The van der Waals surface area contributed by atoms with Gasteiger partial charge in [-0.3, -0.25) is 14.5 Å². The summed E-state index contributed by atoms with van der Waals surface area (Å²) in [5.74, 6) is -2.33. The Kier molecular flexibility index (Phi) is 5.51. The molecule has 1 N–H and O–H groups in total. The highest BCUT2D eigenvalue weighted by Gasteiger charge is 2.46. The normalized spacial score (nSPS) is 15.8. The first-order chi connectivity index (χ1) is 15.5. The molecule has 2 heterocycles. The Morgan fingerprint density at radius 1 is 1.03 bits per heavy atom. The average Bonchev–Trinajstić information content (AvgIpc) is 3.45. The van der Waals surface area contributed by atoms with E-state index in [1.807, 2.05) is 0 Å². The molecule has 0 aliphatic carbocycles. The highest BCUT2D eigenvalue weighted by molar-refractivity contribution is 6.20. The second-order valence-corrected chi connectivity index (χ2v) is 6.93. The molecule has 1 aliphatic heterocycles. The molecule has 8 nitrogen and oxygen atoms in total. The Labute approximate surface area is 183 Å². The molecule has 162 valence electrons. The monoisotopic (exact) mass is 433 g/mol. The number of Topliss-reactive ketones (excluding diaryl/α,β-unsaturated/α-hetero) is 1. The fourth-order valence-electron chi connectivity index (χ4n) is 3.73. The predicted molar refractivity (Wildman–Crippen MR) is 114 cm³/mol. The minimum atomic E-state index is -1.02. The van der Waals surface area contributed by atoms with Crippen LogP contribution in [0.15, 0.2) is 82.7 Å². The van der Waals surface area contributed by atoms with Crippen molar-refractivity contribution < 1.29 is 33.4 Å². The third-order valence-electron chi connectivity index (χ3n) is 5.18. The van der Waals surface area contributed by atoms with Gasteiger partial charge in [0.1, 0.15) is 5.75 Å². The van der Waals surface area contributed by atoms with Gasteiger partial charge in [0.05, 0.1) is 37.7 Å². The van der Waals surface area contributed by atoms with Crippen LogP contribution in [0.3, 0.4) is 0 Å². The van der Waals surface area contributed by atoms with Crippen molar-refractivity contribution in [3.8, 4) is 5.75 Å². The fourth-order valence-corrected chi connectivity index (χ4v) is 3.73. The number of carbonyl (C=O) groups is 3. The summed E-state index contributed by atoms with van der Waals surface area (Å²) in [4.78, 5) is 39.7. The van der Waals surface area contributed by atoms with E-state index < -0.39 is 29.5 Å². The maximum atomic E-state index is 13.2. The zero-order valence-electron chi connectivity index (χ0n) is 17.3. The SMILES string of the molecule is COC(=O)c1cccc(N2C(=O)C(O)=C(C(=O)c3ccco3)C2c2ccccc2OC)c1. The lowest BCUT2D eigenvalue weighted by atomic mass is 9.94. The van der Waals surface area contributed by atoms with Gasteiger partial charge in [-0.25, -0.2) is 4.79 Å². The van der Waals surface area contributed by atoms with Gasteiger partial charge in [-0.15, -0.1) is 0 Å². The number of esters is 1. The van der Waals surface area contributed by atoms with E-state index in [0.29, 0.717) is 17.0 Å². The van der Waals surface area contributed by atoms with Crippen LogP contribution in [0.5, 0.6) is 5.75 Å². The number of amides is 1. The molecule has 0 saturated carbocycles. The van der Waals surface area contributed by atoms with E-state index in [4.69, 9.17) is 13.9 Å². The molecular weight excluding hydrogens is 414 g/mol. The molecule has 2 aromatic carbocycles. The zero-order chi connectivity index (χ0) is 22.8. The van der Waals surface area contributed by atoms with Crippen molar-refractivity contribution in [1.29, 1.82) is 0 Å². The number of nitrogens with zero attached hydrogens (tertiary/aromatic N) is 1. The molecule has 1 aliphatic rings. The third-order valence-corrected chi connectivity index (χ3v) is 5.18. The molecule has 0 bridgehead atoms. The number of benzene rings is 2. The molecular formula is C24H19NO7. The molecule has 1 atom stereocenters. The molecule has 1 unspecified atom stereocenters. The maximum Gasteiger partial charge on any atom is 0.337 e. The van der Waals surface area contributed by atoms with Crippen LogP contribution in [0.25, 0.3) is 0 Å². The largest absolute Gasteiger partial charge is 0.503 e. The van der Waals surface area contributed by atoms with Crippen LogP contribution in [-0.4, -0.2) is 37.0 Å². The lowest BCUT2D eigenvalue weighted by molar-refractivity contribution is -0.117. The molecule has 32 heavy (non-hydrogen) atoms. The summed E-state index contributed by atoms with van der Waals surface area (Å²) in [6.45, 7) is 0. The van der Waals surface area contributed by atoms with Gasteiger partial charge in [-0.1, -0.05) is 24.3 Å². The first-order valence-electron chi connectivity index (χ1n) is 9.64. The summed E-state index contributed by atoms with van der Waals surface area (Å²) >= 11 is 0. The molecule has 8 heteroatoms. The number of hydrogen-bond acceptors (Lipinski definition) is 7. The summed E-state index contributed by atoms with van der Waals surface area (Å²) < 4.78 is 15.5. The Balaban J connectivity index is 1.91. The smallest absolute Gasteiger partial charge is 0.337 e. The number of carbonyl (C=O) groups excluding carboxylic acids is 3. The first-order valence-corrected chi connectivity index (χ1v) is 9.64. The number of furan rings is 1. The van der Waals surface area contributed by atoms with Crippen molar-refractivity contribution in [3.63, 3.8) is 0 Å². The molecule has 1 aromatic heterocycles. The molecule has 0 fully saturated rings. The van der Waals surface area contributed by atoms with Crippen molar-refractivity contribution in [3.05, 3.63) is 95.1 Å². The number of ketones is 1. The van der Waals surface area contributed by atoms with E-state index in [9.17, 15) is 19.5 Å². The Morgan fingerprint density at radius 3 is 2.50 bits per heavy atom. The number of anilines is 1. The van der Waals surface area contributed by atoms with Gasteiger partial charge in [-0.05, 0) is 36.4 Å². The van der Waals surface area contributed by atoms with Crippen molar-refractivity contribution in [2.75, 3.05) is 19.1 Å². The first kappa shape index (κ1) is 20.9. The van der Waals surface area contributed by atoms with Crippen LogP contribution in [0.1, 0.15) is 32.5 Å². The Hall–Kier alpha value is -4.33. The average molecular weight is 433 g/mol. The maximum absolute atomic E-state index is 13.2. The van der Waals surface area contributed by atoms with Crippen LogP contribution >= 0.6 is 0 Å². The molecule has 0 saturated heterocycles. The van der Waals surface area contributed by atoms with Crippen LogP contribution in [0, 0.1) is 0 Å². The summed E-state index contributed by atoms with van der Waals surface area (Å²) in [5, 5.41) is 10.8. The van der Waals surface area contributed by atoms with Crippen molar-refractivity contribution >= 4 is 23.3 Å². The molecule has 0 spiro atoms. The molecule has 3 aromatic rings. The lowest BCUT2D eigenvalue weighted by Crippen LogP contribution is -2.31. The molecule has 0 radical (unpaired) electrons. The topological polar surface area (TPSA) is 106 Å². The van der Waals surface area contributed by atoms with E-state index in [1.165, 1.54) is 49.6 Å². The van der Waals surface area contributed by atoms with Gasteiger partial charge >= 0.3 is 5.97 Å². The van der Waals surface area contributed by atoms with E-state index in [1.54, 1.807) is 36.4 Å². The van der Waals surface area contributed by atoms with Crippen LogP contribution in [0.4, 0.5) is 5.69 Å². The van der Waals surface area contributed by atoms with E-state index in [-0.39, 0.29) is 16.9 Å². The van der Waals surface area contributed by atoms with Crippen molar-refractivity contribution in [2.45, 2.75) is 6.04 Å². The van der Waals surface area contributed by atoms with E-state index in [0.717, 1.165) is 0 Å². The van der Waals surface area contributed by atoms with Crippen LogP contribution in [0.2, 0.25) is 0 Å². The highest BCUT2D eigenvalue weighted by Crippen LogP contribution is 2.44. The Bertz CT molecular complexity index is 1230. The van der Waals surface area contributed by atoms with Crippen LogP contribution < -0.4 is 9.64 Å². The minimum absolute atomic E-state index is 0.0237. The number of ether oxygens (including phenoxy) is 2. The molecule has 1 amide bonds. The summed E-state index contributed by atoms with van der Waals surface area (Å²) in [6, 6.07) is 15.0. The number of para-hydroxylation sites is 1. The fraction of sp³-hybridized carbons (Fsp3) is 0.125. The molecule has 4 rings (SSSR count). The minimum Gasteiger partial charge on any atom is -0.503 e. The second kappa shape index (κ2) is 8.43. The number of hydrogen-bond donors (Lipinski definition) is 1. The van der Waals surface area contributed by atoms with Crippen LogP contribution in [-0.2, 0) is 9.53 Å². The Morgan fingerprint density at radius 2 is 1.81 bits per heavy atom. The van der Waals surface area contributed by atoms with E-state index in [2.05, 4.69) is 0 Å². The summed E-state index contributed by atoms with van der Waals surface area (Å²) in [6.07, 6.45) is 1.33. The van der Waals surface area contributed by atoms with Gasteiger partial charge in [-0.2, -0.15) is 0 Å². The van der Waals surface area contributed by atoms with Gasteiger partial charge in [0.2, 0.25) is 5.78 Å². The third kappa shape index (κ3) is 3.41. The second-order valence-electron chi connectivity index (χ2n) is 6.93. The van der Waals surface area contributed by atoms with Gasteiger partial charge < -0.3 is 19.0 Å². The number of aliphatic hydroxyl groups is 1. The summed E-state index contributed by atoms with van der Waals surface area (Å²) in [5.41, 5.74) is 0.827. The predicted octanol–water partition coefficient (Wildman–Crippen LogP) is 3.86. The van der Waals surface area contributed by atoms with Gasteiger partial charge in [0, 0.05) is 11.3 Å². The van der Waals surface area contributed by atoms with Crippen molar-refractivity contribution in [2.24, 2.45) is 0 Å². The quantitative estimate of drug-likeness (QED) is 0.465. The van der Waals surface area contributed by atoms with Crippen molar-refractivity contribution in [1.82, 2.24) is 0 Å². The number of aliphatic hydroxyl groups excluding tert-OH is 1. The number of methoxy groups -OCH3 is 2. The van der Waals surface area contributed by atoms with Gasteiger partial charge in [0.25, 0.3) is 5.91 Å². The number of rotatable bonds is 6. The van der Waals surface area contributed by atoms with E-state index >= 15 is 0 Å². The lowest BCUT2D eigenvalue weighted by Gasteiger charge is -2.28.